The van der Waals surface area contributed by atoms with Crippen LogP contribution in [0.5, 0.6) is 0 Å². The molecule has 51 heavy (non-hydrogen) atoms. The fourth-order valence-corrected chi connectivity index (χ4v) is 9.87. The minimum atomic E-state index is 0.887. The lowest BCUT2D eigenvalue weighted by Gasteiger charge is -2.28. The van der Waals surface area contributed by atoms with Crippen molar-refractivity contribution >= 4 is 97.7 Å². The summed E-state index contributed by atoms with van der Waals surface area (Å²) in [7, 11) is 0. The molecular formula is C49H31NS. The Hall–Kier alpha value is -6.22. The highest BCUT2D eigenvalue weighted by Crippen LogP contribution is 2.48. The predicted octanol–water partition coefficient (Wildman–Crippen LogP) is 14.4. The smallest absolute Gasteiger partial charge is 0.0540 e. The number of nitrogens with zero attached hydrogens (tertiary/aromatic N) is 1. The molecule has 0 unspecified atom stereocenters. The number of hydrogen-bond donors (Lipinski definition) is 0. The van der Waals surface area contributed by atoms with Crippen LogP contribution in [-0.2, 0) is 6.42 Å². The van der Waals surface area contributed by atoms with Gasteiger partial charge in [0.15, 0.2) is 0 Å². The molecule has 0 atom stereocenters. The van der Waals surface area contributed by atoms with Crippen LogP contribution in [-0.4, -0.2) is 0 Å². The Bertz CT molecular complexity index is 3090. The summed E-state index contributed by atoms with van der Waals surface area (Å²) in [5, 5.41) is 13.1. The maximum atomic E-state index is 4.11. The van der Waals surface area contributed by atoms with E-state index in [1.165, 1.54) is 91.2 Å². The zero-order chi connectivity index (χ0) is 33.6. The van der Waals surface area contributed by atoms with Gasteiger partial charge in [-0.3, -0.25) is 0 Å². The molecule has 0 N–H and O–H groups in total. The van der Waals surface area contributed by atoms with Gasteiger partial charge in [0.25, 0.3) is 0 Å². The predicted molar refractivity (Wildman–Crippen MR) is 222 cm³/mol. The van der Waals surface area contributed by atoms with Crippen LogP contribution in [0, 0.1) is 0 Å². The highest BCUT2D eigenvalue weighted by Gasteiger charge is 2.23. The van der Waals surface area contributed by atoms with E-state index in [9.17, 15) is 0 Å². The molecule has 1 aromatic heterocycles. The largest absolute Gasteiger partial charge is 0.310 e. The first-order valence-corrected chi connectivity index (χ1v) is 18.4. The molecule has 238 valence electrons. The highest BCUT2D eigenvalue weighted by atomic mass is 32.1. The molecule has 0 amide bonds. The Kier molecular flexibility index (Phi) is 6.11. The molecule has 1 heterocycles. The number of rotatable bonds is 4. The Morgan fingerprint density at radius 1 is 0.471 bits per heavy atom. The second-order valence-electron chi connectivity index (χ2n) is 13.7. The van der Waals surface area contributed by atoms with Gasteiger partial charge in [-0.05, 0) is 114 Å². The van der Waals surface area contributed by atoms with E-state index < -0.39 is 0 Å². The van der Waals surface area contributed by atoms with Crippen molar-refractivity contribution in [3.05, 3.63) is 181 Å². The highest BCUT2D eigenvalue weighted by molar-refractivity contribution is 7.26. The van der Waals surface area contributed by atoms with Crippen LogP contribution in [0.25, 0.3) is 80.5 Å². The van der Waals surface area contributed by atoms with Crippen LogP contribution >= 0.6 is 11.3 Å². The number of anilines is 3. The Morgan fingerprint density at radius 2 is 1.24 bits per heavy atom. The van der Waals surface area contributed by atoms with Gasteiger partial charge in [0.1, 0.15) is 0 Å². The number of benzene rings is 9. The molecule has 0 spiro atoms. The molecule has 0 fully saturated rings. The van der Waals surface area contributed by atoms with Gasteiger partial charge in [0.05, 0.1) is 5.69 Å². The third-order valence-corrected chi connectivity index (χ3v) is 12.1. The monoisotopic (exact) mass is 665 g/mol. The Labute approximate surface area is 299 Å². The fraction of sp³-hybridized carbons (Fsp3) is 0.0204. The van der Waals surface area contributed by atoms with Gasteiger partial charge in [-0.1, -0.05) is 128 Å². The Morgan fingerprint density at radius 3 is 2.20 bits per heavy atom. The van der Waals surface area contributed by atoms with Crippen LogP contribution in [0.1, 0.15) is 16.7 Å². The third kappa shape index (κ3) is 4.21. The molecule has 0 radical (unpaired) electrons. The van der Waals surface area contributed by atoms with Crippen LogP contribution in [0.2, 0.25) is 0 Å². The first kappa shape index (κ1) is 28.6. The van der Waals surface area contributed by atoms with Crippen molar-refractivity contribution in [3.8, 4) is 11.1 Å². The van der Waals surface area contributed by atoms with Gasteiger partial charge in [-0.15, -0.1) is 11.3 Å². The first-order chi connectivity index (χ1) is 25.2. The molecule has 1 nitrogen and oxygen atoms in total. The zero-order valence-electron chi connectivity index (χ0n) is 27.9. The molecule has 0 aliphatic heterocycles. The summed E-state index contributed by atoms with van der Waals surface area (Å²) in [5.41, 5.74) is 9.94. The molecule has 11 rings (SSSR count). The van der Waals surface area contributed by atoms with Crippen molar-refractivity contribution < 1.29 is 0 Å². The van der Waals surface area contributed by atoms with Crippen molar-refractivity contribution in [3.63, 3.8) is 0 Å². The van der Waals surface area contributed by atoms with Crippen molar-refractivity contribution in [2.75, 3.05) is 4.90 Å². The molecular weight excluding hydrogens is 635 g/mol. The van der Waals surface area contributed by atoms with E-state index in [4.69, 9.17) is 0 Å². The average Bonchev–Trinajstić information content (AvgIpc) is 3.49. The number of fused-ring (bicyclic) bond motifs is 9. The summed E-state index contributed by atoms with van der Waals surface area (Å²) in [6.07, 6.45) is 2.82. The van der Waals surface area contributed by atoms with E-state index >= 15 is 0 Å². The SMILES string of the molecule is C=Cc1cccc(N(c2ccc3c(c2)sc2ccc4ccccc4c23)c2cccc3c2cc2c4c3ccc3cccc(c34)-c3ccccc3C2)c1. The standard InChI is InChI=1S/C49H31NS/c1-2-30-10-7-14-35(26-30)50(36-22-24-42-46(29-36)51-45-25-21-31-11-3-6-16-38(31)49(42)45)44-19-9-17-39-41-23-20-32-13-8-18-40-37-15-5-4-12-33(37)27-34(28-43(39)44)48(41)47(32)40/h2-26,28-29H,1,27H2. The summed E-state index contributed by atoms with van der Waals surface area (Å²) in [6, 6.07) is 58.7. The molecule has 0 bridgehead atoms. The van der Waals surface area contributed by atoms with Crippen LogP contribution in [0.4, 0.5) is 17.1 Å². The topological polar surface area (TPSA) is 3.24 Å². The second-order valence-corrected chi connectivity index (χ2v) is 14.8. The van der Waals surface area contributed by atoms with Crippen LogP contribution < -0.4 is 4.90 Å². The lowest BCUT2D eigenvalue weighted by atomic mass is 9.90. The maximum Gasteiger partial charge on any atom is 0.0540 e. The zero-order valence-corrected chi connectivity index (χ0v) is 28.7. The summed E-state index contributed by atoms with van der Waals surface area (Å²) in [4.78, 5) is 2.45. The summed E-state index contributed by atoms with van der Waals surface area (Å²) >= 11 is 1.88. The quantitative estimate of drug-likeness (QED) is 0.169. The minimum Gasteiger partial charge on any atom is -0.310 e. The lowest BCUT2D eigenvalue weighted by molar-refractivity contribution is 1.23. The molecule has 0 saturated heterocycles. The van der Waals surface area contributed by atoms with Crippen LogP contribution in [0.15, 0.2) is 164 Å². The van der Waals surface area contributed by atoms with Crippen molar-refractivity contribution in [1.82, 2.24) is 0 Å². The van der Waals surface area contributed by atoms with Gasteiger partial charge >= 0.3 is 0 Å². The van der Waals surface area contributed by atoms with Gasteiger partial charge in [-0.25, -0.2) is 0 Å². The van der Waals surface area contributed by atoms with Crippen LogP contribution in [0.3, 0.4) is 0 Å². The summed E-state index contributed by atoms with van der Waals surface area (Å²) < 4.78 is 2.61. The summed E-state index contributed by atoms with van der Waals surface area (Å²) in [6.45, 7) is 4.11. The van der Waals surface area contributed by atoms with Gasteiger partial charge in [0.2, 0.25) is 0 Å². The van der Waals surface area contributed by atoms with E-state index in [0.29, 0.717) is 0 Å². The van der Waals surface area contributed by atoms with Crippen molar-refractivity contribution in [1.29, 1.82) is 0 Å². The molecule has 10 aromatic rings. The van der Waals surface area contributed by atoms with Crippen molar-refractivity contribution in [2.45, 2.75) is 6.42 Å². The maximum absolute atomic E-state index is 4.11. The van der Waals surface area contributed by atoms with E-state index in [1.807, 2.05) is 17.4 Å². The van der Waals surface area contributed by atoms with E-state index in [2.05, 4.69) is 169 Å². The van der Waals surface area contributed by atoms with Crippen molar-refractivity contribution in [2.24, 2.45) is 0 Å². The lowest BCUT2D eigenvalue weighted by Crippen LogP contribution is -2.10. The fourth-order valence-electron chi connectivity index (χ4n) is 8.72. The van der Waals surface area contributed by atoms with E-state index in [0.717, 1.165) is 23.4 Å². The molecule has 0 saturated carbocycles. The van der Waals surface area contributed by atoms with E-state index in [1.54, 1.807) is 0 Å². The molecule has 1 aliphatic carbocycles. The summed E-state index contributed by atoms with van der Waals surface area (Å²) in [5.74, 6) is 0. The van der Waals surface area contributed by atoms with Gasteiger partial charge < -0.3 is 4.90 Å². The Balaban J connectivity index is 1.21. The molecule has 1 aliphatic rings. The molecule has 9 aromatic carbocycles. The third-order valence-electron chi connectivity index (χ3n) is 11.0. The molecule has 2 heteroatoms. The van der Waals surface area contributed by atoms with Gasteiger partial charge in [0, 0.05) is 36.9 Å². The number of thiophene rings is 1. The normalized spacial score (nSPS) is 12.3. The van der Waals surface area contributed by atoms with E-state index in [-0.39, 0.29) is 0 Å². The second kappa shape index (κ2) is 10.9. The average molecular weight is 666 g/mol. The first-order valence-electron chi connectivity index (χ1n) is 17.6. The van der Waals surface area contributed by atoms with Gasteiger partial charge in [-0.2, -0.15) is 0 Å². The number of hydrogen-bond acceptors (Lipinski definition) is 2. The minimum absolute atomic E-state index is 0.887.